The van der Waals surface area contributed by atoms with Crippen LogP contribution in [0.4, 0.5) is 17.6 Å². The molecule has 0 spiro atoms. The lowest BCUT2D eigenvalue weighted by molar-refractivity contribution is 0.0802. The highest BCUT2D eigenvalue weighted by atomic mass is 19.1. The van der Waals surface area contributed by atoms with Crippen LogP contribution in [0.25, 0.3) is 16.7 Å². The van der Waals surface area contributed by atoms with Crippen LogP contribution < -0.4 is 0 Å². The van der Waals surface area contributed by atoms with Crippen molar-refractivity contribution in [2.24, 2.45) is 11.8 Å². The minimum absolute atomic E-state index is 0.115. The third-order valence-electron chi connectivity index (χ3n) is 5.87. The lowest BCUT2D eigenvalue weighted by Crippen LogP contribution is -2.35. The van der Waals surface area contributed by atoms with Gasteiger partial charge in [0.1, 0.15) is 23.3 Å². The van der Waals surface area contributed by atoms with Crippen LogP contribution in [-0.2, 0) is 0 Å². The summed E-state index contributed by atoms with van der Waals surface area (Å²) < 4.78 is 54.9. The zero-order chi connectivity index (χ0) is 22.6. The molecule has 0 bridgehead atoms. The SMILES string of the molecule is O=C1c2ccc(-c3ccc(F)cc3F)cc2C(=O)C2C=CC(c3ccc(F)cc3F)=CC12. The van der Waals surface area contributed by atoms with Crippen LogP contribution in [0.1, 0.15) is 26.3 Å². The second-order valence-corrected chi connectivity index (χ2v) is 7.77. The van der Waals surface area contributed by atoms with Gasteiger partial charge in [0.05, 0.1) is 11.8 Å². The molecule has 2 aliphatic rings. The van der Waals surface area contributed by atoms with Crippen molar-refractivity contribution in [2.45, 2.75) is 0 Å². The molecule has 2 atom stereocenters. The van der Waals surface area contributed by atoms with Gasteiger partial charge in [-0.05, 0) is 41.5 Å². The Bertz CT molecular complexity index is 1370. The highest BCUT2D eigenvalue weighted by Crippen LogP contribution is 2.39. The molecule has 0 radical (unpaired) electrons. The average Bonchev–Trinajstić information content (AvgIpc) is 2.77. The summed E-state index contributed by atoms with van der Waals surface area (Å²) in [7, 11) is 0. The Morgan fingerprint density at radius 2 is 1.19 bits per heavy atom. The highest BCUT2D eigenvalue weighted by Gasteiger charge is 2.40. The zero-order valence-electron chi connectivity index (χ0n) is 16.4. The molecule has 0 aliphatic heterocycles. The second-order valence-electron chi connectivity index (χ2n) is 7.77. The van der Waals surface area contributed by atoms with Crippen molar-refractivity contribution in [3.63, 3.8) is 0 Å². The summed E-state index contributed by atoms with van der Waals surface area (Å²) >= 11 is 0. The summed E-state index contributed by atoms with van der Waals surface area (Å²) in [6.45, 7) is 0. The van der Waals surface area contributed by atoms with Crippen molar-refractivity contribution < 1.29 is 27.2 Å². The Morgan fingerprint density at radius 1 is 0.594 bits per heavy atom. The Balaban J connectivity index is 1.56. The van der Waals surface area contributed by atoms with E-state index in [9.17, 15) is 27.2 Å². The van der Waals surface area contributed by atoms with Gasteiger partial charge in [0.15, 0.2) is 11.6 Å². The molecule has 0 amide bonds. The summed E-state index contributed by atoms with van der Waals surface area (Å²) in [6.07, 6.45) is 4.60. The quantitative estimate of drug-likeness (QED) is 0.452. The predicted octanol–water partition coefficient (Wildman–Crippen LogP) is 6.17. The number of carbonyl (C=O) groups is 2. The van der Waals surface area contributed by atoms with Crippen LogP contribution in [0.15, 0.2) is 72.8 Å². The summed E-state index contributed by atoms with van der Waals surface area (Å²) in [5.74, 6) is -5.21. The molecule has 2 nitrogen and oxygen atoms in total. The number of hydrogen-bond donors (Lipinski definition) is 0. The van der Waals surface area contributed by atoms with Crippen molar-refractivity contribution in [3.05, 3.63) is 113 Å². The highest BCUT2D eigenvalue weighted by molar-refractivity contribution is 6.18. The molecule has 0 saturated carbocycles. The van der Waals surface area contributed by atoms with Crippen molar-refractivity contribution in [1.82, 2.24) is 0 Å². The van der Waals surface area contributed by atoms with Crippen LogP contribution in [0.5, 0.6) is 0 Å². The van der Waals surface area contributed by atoms with Crippen molar-refractivity contribution in [2.75, 3.05) is 0 Å². The van der Waals surface area contributed by atoms with Gasteiger partial charge < -0.3 is 0 Å². The minimum Gasteiger partial charge on any atom is -0.293 e. The lowest BCUT2D eigenvalue weighted by Gasteiger charge is -2.30. The Labute approximate surface area is 180 Å². The maximum absolute atomic E-state index is 14.2. The van der Waals surface area contributed by atoms with E-state index in [2.05, 4.69) is 0 Å². The first-order chi connectivity index (χ1) is 15.3. The van der Waals surface area contributed by atoms with E-state index in [1.54, 1.807) is 0 Å². The molecule has 0 fully saturated rings. The van der Waals surface area contributed by atoms with E-state index >= 15 is 0 Å². The fourth-order valence-electron chi connectivity index (χ4n) is 4.29. The van der Waals surface area contributed by atoms with Gasteiger partial charge in [-0.25, -0.2) is 17.6 Å². The number of hydrogen-bond acceptors (Lipinski definition) is 2. The number of allylic oxidation sites excluding steroid dienone is 4. The molecule has 32 heavy (non-hydrogen) atoms. The Kier molecular flexibility index (Phi) is 4.66. The van der Waals surface area contributed by atoms with E-state index in [0.29, 0.717) is 11.1 Å². The maximum Gasteiger partial charge on any atom is 0.171 e. The Morgan fingerprint density at radius 3 is 1.84 bits per heavy atom. The molecular formula is C26H14F4O2. The molecule has 2 aliphatic carbocycles. The molecule has 0 heterocycles. The van der Waals surface area contributed by atoms with E-state index in [0.717, 1.165) is 24.3 Å². The van der Waals surface area contributed by atoms with Gasteiger partial charge in [0.2, 0.25) is 0 Å². The van der Waals surface area contributed by atoms with Gasteiger partial charge in [-0.3, -0.25) is 9.59 Å². The number of halogens is 4. The van der Waals surface area contributed by atoms with Crippen molar-refractivity contribution >= 4 is 17.1 Å². The summed E-state index contributed by atoms with van der Waals surface area (Å²) in [4.78, 5) is 26.3. The predicted molar refractivity (Wildman–Crippen MR) is 111 cm³/mol. The van der Waals surface area contributed by atoms with Crippen LogP contribution in [-0.4, -0.2) is 11.6 Å². The third-order valence-corrected chi connectivity index (χ3v) is 5.87. The van der Waals surface area contributed by atoms with Crippen molar-refractivity contribution in [3.8, 4) is 11.1 Å². The van der Waals surface area contributed by atoms with Gasteiger partial charge >= 0.3 is 0 Å². The molecular weight excluding hydrogens is 420 g/mol. The van der Waals surface area contributed by atoms with Crippen LogP contribution in [0, 0.1) is 35.1 Å². The molecule has 6 heteroatoms. The first-order valence-electron chi connectivity index (χ1n) is 9.87. The molecule has 3 aromatic rings. The average molecular weight is 434 g/mol. The first-order valence-corrected chi connectivity index (χ1v) is 9.87. The topological polar surface area (TPSA) is 34.1 Å². The van der Waals surface area contributed by atoms with Crippen LogP contribution >= 0.6 is 0 Å². The van der Waals surface area contributed by atoms with E-state index in [-0.39, 0.29) is 33.8 Å². The standard InChI is InChI=1S/C26H14F4O2/c27-15-3-7-17(23(29)11-15)13-1-5-19-21(9-13)26(32)20-6-2-14(10-22(20)25(19)31)18-8-4-16(28)12-24(18)30/h1-12,19,21H. The zero-order valence-corrected chi connectivity index (χ0v) is 16.4. The normalized spacial score (nSPS) is 19.4. The lowest BCUT2D eigenvalue weighted by atomic mass is 9.70. The van der Waals surface area contributed by atoms with Gasteiger partial charge in [-0.2, -0.15) is 0 Å². The molecule has 0 saturated heterocycles. The maximum atomic E-state index is 14.2. The summed E-state index contributed by atoms with van der Waals surface area (Å²) in [6, 6.07) is 10.7. The number of fused-ring (bicyclic) bond motifs is 2. The summed E-state index contributed by atoms with van der Waals surface area (Å²) in [5.41, 5.74) is 1.34. The minimum atomic E-state index is -0.826. The number of ketones is 2. The van der Waals surface area contributed by atoms with Crippen LogP contribution in [0.3, 0.4) is 0 Å². The first kappa shape index (κ1) is 20.1. The Hall–Kier alpha value is -3.80. The molecule has 158 valence electrons. The number of carbonyl (C=O) groups excluding carboxylic acids is 2. The van der Waals surface area contributed by atoms with Crippen molar-refractivity contribution in [1.29, 1.82) is 0 Å². The number of benzene rings is 3. The van der Waals surface area contributed by atoms with Gasteiger partial charge in [-0.1, -0.05) is 30.4 Å². The smallest absolute Gasteiger partial charge is 0.171 e. The molecule has 3 aromatic carbocycles. The fourth-order valence-corrected chi connectivity index (χ4v) is 4.29. The third kappa shape index (κ3) is 3.19. The van der Waals surface area contributed by atoms with Crippen LogP contribution in [0.2, 0.25) is 0 Å². The van der Waals surface area contributed by atoms with E-state index < -0.39 is 35.1 Å². The summed E-state index contributed by atoms with van der Waals surface area (Å²) in [5, 5.41) is 0. The van der Waals surface area contributed by atoms with Gasteiger partial charge in [0.25, 0.3) is 0 Å². The van der Waals surface area contributed by atoms with E-state index in [1.807, 2.05) is 0 Å². The fraction of sp³-hybridized carbons (Fsp3) is 0.0769. The van der Waals surface area contributed by atoms with E-state index in [4.69, 9.17) is 0 Å². The molecule has 2 unspecified atom stereocenters. The second kappa shape index (κ2) is 7.41. The molecule has 0 aromatic heterocycles. The molecule has 0 N–H and O–H groups in total. The van der Waals surface area contributed by atoms with Gasteiger partial charge in [0, 0.05) is 34.4 Å². The number of rotatable bonds is 2. The molecule has 5 rings (SSSR count). The number of Topliss-reactive ketones (excluding diaryl/α,β-unsaturated/α-hetero) is 2. The largest absolute Gasteiger partial charge is 0.293 e. The van der Waals surface area contributed by atoms with Gasteiger partial charge in [-0.15, -0.1) is 0 Å². The monoisotopic (exact) mass is 434 g/mol. The van der Waals surface area contributed by atoms with E-state index in [1.165, 1.54) is 48.6 Å².